The van der Waals surface area contributed by atoms with Crippen molar-refractivity contribution in [2.75, 3.05) is 20.7 Å². The summed E-state index contributed by atoms with van der Waals surface area (Å²) in [6.07, 6.45) is 0.275. The topological polar surface area (TPSA) is 49.8 Å². The number of amides is 1. The number of benzene rings is 1. The quantitative estimate of drug-likeness (QED) is 0.883. The van der Waals surface area contributed by atoms with Gasteiger partial charge in [-0.05, 0) is 26.8 Å². The van der Waals surface area contributed by atoms with E-state index in [0.29, 0.717) is 6.54 Å². The number of ether oxygens (including phenoxy) is 1. The monoisotopic (exact) mass is 265 g/mol. The van der Waals surface area contributed by atoms with E-state index < -0.39 is 5.60 Å². The zero-order valence-electron chi connectivity index (χ0n) is 12.4. The summed E-state index contributed by atoms with van der Waals surface area (Å²) >= 11 is 0. The van der Waals surface area contributed by atoms with E-state index in [1.165, 1.54) is 0 Å². The molecule has 0 saturated carbocycles. The van der Waals surface area contributed by atoms with E-state index >= 15 is 0 Å². The standard InChI is InChI=1S/C15H23NO3/c1-11-6-7-13(19-5)12(8-11)9-14(17)16(4)10-15(2,3)18/h6-8,18H,9-10H2,1-5H3. The van der Waals surface area contributed by atoms with Gasteiger partial charge in [0.2, 0.25) is 5.91 Å². The van der Waals surface area contributed by atoms with Gasteiger partial charge in [0.1, 0.15) is 5.75 Å². The first-order chi connectivity index (χ1) is 8.73. The van der Waals surface area contributed by atoms with Crippen LogP contribution in [0.1, 0.15) is 25.0 Å². The molecule has 0 fully saturated rings. The van der Waals surface area contributed by atoms with Crippen LogP contribution in [-0.4, -0.2) is 42.2 Å². The fraction of sp³-hybridized carbons (Fsp3) is 0.533. The number of hydrogen-bond acceptors (Lipinski definition) is 3. The van der Waals surface area contributed by atoms with Crippen molar-refractivity contribution in [3.05, 3.63) is 29.3 Å². The molecule has 4 heteroatoms. The van der Waals surface area contributed by atoms with Gasteiger partial charge in [-0.3, -0.25) is 4.79 Å². The molecule has 0 aliphatic heterocycles. The highest BCUT2D eigenvalue weighted by atomic mass is 16.5. The van der Waals surface area contributed by atoms with Gasteiger partial charge in [0.05, 0.1) is 19.1 Å². The smallest absolute Gasteiger partial charge is 0.226 e. The van der Waals surface area contributed by atoms with Gasteiger partial charge < -0.3 is 14.7 Å². The molecule has 0 spiro atoms. The molecule has 0 unspecified atom stereocenters. The van der Waals surface area contributed by atoms with Crippen LogP contribution in [-0.2, 0) is 11.2 Å². The third kappa shape index (κ3) is 4.91. The highest BCUT2D eigenvalue weighted by Gasteiger charge is 2.20. The molecular formula is C15H23NO3. The second-order valence-electron chi connectivity index (χ2n) is 5.55. The average molecular weight is 265 g/mol. The van der Waals surface area contributed by atoms with Gasteiger partial charge in [0, 0.05) is 19.2 Å². The van der Waals surface area contributed by atoms with E-state index in [9.17, 15) is 9.90 Å². The molecule has 0 aliphatic carbocycles. The molecule has 1 aromatic rings. The van der Waals surface area contributed by atoms with Crippen LogP contribution in [0, 0.1) is 6.92 Å². The van der Waals surface area contributed by atoms with Crippen LogP contribution in [0.5, 0.6) is 5.75 Å². The maximum absolute atomic E-state index is 12.1. The Kier molecular flexibility index (Phi) is 4.95. The lowest BCUT2D eigenvalue weighted by Gasteiger charge is -2.25. The van der Waals surface area contributed by atoms with Crippen LogP contribution in [0.2, 0.25) is 0 Å². The van der Waals surface area contributed by atoms with E-state index in [1.54, 1.807) is 32.9 Å². The molecule has 1 rings (SSSR count). The molecule has 19 heavy (non-hydrogen) atoms. The Morgan fingerprint density at radius 2 is 2.05 bits per heavy atom. The van der Waals surface area contributed by atoms with Crippen molar-refractivity contribution >= 4 is 5.91 Å². The highest BCUT2D eigenvalue weighted by molar-refractivity contribution is 5.79. The number of likely N-dealkylation sites (N-methyl/N-ethyl adjacent to an activating group) is 1. The first kappa shape index (κ1) is 15.5. The molecule has 0 saturated heterocycles. The Bertz CT molecular complexity index is 449. The molecule has 1 aromatic carbocycles. The van der Waals surface area contributed by atoms with Crippen molar-refractivity contribution in [1.82, 2.24) is 4.90 Å². The molecule has 106 valence electrons. The number of carbonyl (C=O) groups is 1. The Balaban J connectivity index is 2.79. The number of aliphatic hydroxyl groups is 1. The fourth-order valence-electron chi connectivity index (χ4n) is 2.01. The SMILES string of the molecule is COc1ccc(C)cc1CC(=O)N(C)CC(C)(C)O. The minimum Gasteiger partial charge on any atom is -0.496 e. The third-order valence-electron chi connectivity index (χ3n) is 2.83. The summed E-state index contributed by atoms with van der Waals surface area (Å²) in [5.74, 6) is 0.682. The number of carbonyl (C=O) groups excluding carboxylic acids is 1. The van der Waals surface area contributed by atoms with E-state index in [2.05, 4.69) is 0 Å². The second kappa shape index (κ2) is 6.06. The number of rotatable bonds is 5. The molecule has 0 atom stereocenters. The van der Waals surface area contributed by atoms with E-state index in [-0.39, 0.29) is 12.3 Å². The van der Waals surface area contributed by atoms with Gasteiger partial charge in [0.25, 0.3) is 0 Å². The van der Waals surface area contributed by atoms with E-state index in [4.69, 9.17) is 4.74 Å². The van der Waals surface area contributed by atoms with Crippen molar-refractivity contribution in [2.45, 2.75) is 32.8 Å². The summed E-state index contributed by atoms with van der Waals surface area (Å²) in [4.78, 5) is 13.7. The zero-order chi connectivity index (χ0) is 14.6. The van der Waals surface area contributed by atoms with Crippen LogP contribution < -0.4 is 4.74 Å². The third-order valence-corrected chi connectivity index (χ3v) is 2.83. The molecule has 0 radical (unpaired) electrons. The first-order valence-electron chi connectivity index (χ1n) is 6.33. The van der Waals surface area contributed by atoms with Crippen LogP contribution in [0.3, 0.4) is 0 Å². The van der Waals surface area contributed by atoms with Crippen LogP contribution in [0.15, 0.2) is 18.2 Å². The minimum absolute atomic E-state index is 0.0361. The lowest BCUT2D eigenvalue weighted by Crippen LogP contribution is -2.40. The maximum atomic E-state index is 12.1. The van der Waals surface area contributed by atoms with Gasteiger partial charge in [-0.15, -0.1) is 0 Å². The molecule has 1 amide bonds. The molecular weight excluding hydrogens is 242 g/mol. The van der Waals surface area contributed by atoms with Gasteiger partial charge in [-0.25, -0.2) is 0 Å². The number of methoxy groups -OCH3 is 1. The van der Waals surface area contributed by atoms with Gasteiger partial charge in [-0.1, -0.05) is 17.7 Å². The van der Waals surface area contributed by atoms with Gasteiger partial charge in [-0.2, -0.15) is 0 Å². The summed E-state index contributed by atoms with van der Waals surface area (Å²) < 4.78 is 5.26. The molecule has 0 aliphatic rings. The minimum atomic E-state index is -0.888. The average Bonchev–Trinajstić information content (AvgIpc) is 2.27. The van der Waals surface area contributed by atoms with E-state index in [1.807, 2.05) is 25.1 Å². The van der Waals surface area contributed by atoms with Gasteiger partial charge >= 0.3 is 0 Å². The summed E-state index contributed by atoms with van der Waals surface area (Å²) in [7, 11) is 3.29. The van der Waals surface area contributed by atoms with Crippen molar-refractivity contribution < 1.29 is 14.6 Å². The lowest BCUT2D eigenvalue weighted by atomic mass is 10.1. The highest BCUT2D eigenvalue weighted by Crippen LogP contribution is 2.20. The van der Waals surface area contributed by atoms with Crippen molar-refractivity contribution in [1.29, 1.82) is 0 Å². The first-order valence-corrected chi connectivity index (χ1v) is 6.33. The molecule has 1 N–H and O–H groups in total. The van der Waals surface area contributed by atoms with Crippen LogP contribution >= 0.6 is 0 Å². The number of nitrogens with zero attached hydrogens (tertiary/aromatic N) is 1. The normalized spacial score (nSPS) is 11.3. The predicted octanol–water partition coefficient (Wildman–Crippen LogP) is 1.78. The lowest BCUT2D eigenvalue weighted by molar-refractivity contribution is -0.131. The zero-order valence-corrected chi connectivity index (χ0v) is 12.4. The largest absolute Gasteiger partial charge is 0.496 e. The van der Waals surface area contributed by atoms with Crippen LogP contribution in [0.4, 0.5) is 0 Å². The van der Waals surface area contributed by atoms with Crippen molar-refractivity contribution in [3.8, 4) is 5.75 Å². The molecule has 0 heterocycles. The Labute approximate surface area is 115 Å². The number of aryl methyl sites for hydroxylation is 1. The Morgan fingerprint density at radius 1 is 1.42 bits per heavy atom. The summed E-state index contributed by atoms with van der Waals surface area (Å²) in [6.45, 7) is 5.65. The Morgan fingerprint density at radius 3 is 2.58 bits per heavy atom. The fourth-order valence-corrected chi connectivity index (χ4v) is 2.01. The maximum Gasteiger partial charge on any atom is 0.226 e. The van der Waals surface area contributed by atoms with Gasteiger partial charge in [0.15, 0.2) is 0 Å². The summed E-state index contributed by atoms with van der Waals surface area (Å²) in [6, 6.07) is 5.77. The molecule has 0 aromatic heterocycles. The van der Waals surface area contributed by atoms with Crippen molar-refractivity contribution in [2.24, 2.45) is 0 Å². The summed E-state index contributed by atoms with van der Waals surface area (Å²) in [5, 5.41) is 9.73. The number of hydrogen-bond donors (Lipinski definition) is 1. The predicted molar refractivity (Wildman–Crippen MR) is 75.4 cm³/mol. The van der Waals surface area contributed by atoms with Crippen molar-refractivity contribution in [3.63, 3.8) is 0 Å². The summed E-state index contributed by atoms with van der Waals surface area (Å²) in [5.41, 5.74) is 1.07. The molecule has 4 nitrogen and oxygen atoms in total. The second-order valence-corrected chi connectivity index (χ2v) is 5.55. The Hall–Kier alpha value is -1.55. The van der Waals surface area contributed by atoms with Crippen LogP contribution in [0.25, 0.3) is 0 Å². The van der Waals surface area contributed by atoms with E-state index in [0.717, 1.165) is 16.9 Å². The molecule has 0 bridgehead atoms.